The summed E-state index contributed by atoms with van der Waals surface area (Å²) in [5.41, 5.74) is 4.60. The fourth-order valence-electron chi connectivity index (χ4n) is 2.38. The fourth-order valence-corrected chi connectivity index (χ4v) is 2.60. The molecule has 0 amide bonds. The molecule has 3 aromatic rings. The SMILES string of the molecule is Cc1cc(Cl)ccc1-c1nc2ccc(C#N)cc2n1C. The van der Waals surface area contributed by atoms with E-state index in [1.807, 2.05) is 48.9 Å². The Balaban J connectivity index is 2.27. The zero-order chi connectivity index (χ0) is 14.3. The Morgan fingerprint density at radius 3 is 2.70 bits per heavy atom. The van der Waals surface area contributed by atoms with Crippen LogP contribution in [0.25, 0.3) is 22.4 Å². The predicted molar refractivity (Wildman–Crippen MR) is 80.6 cm³/mol. The third-order valence-corrected chi connectivity index (χ3v) is 3.67. The van der Waals surface area contributed by atoms with Crippen LogP contribution in [0.15, 0.2) is 36.4 Å². The molecule has 0 saturated heterocycles. The molecule has 0 fully saturated rings. The minimum Gasteiger partial charge on any atom is -0.327 e. The Labute approximate surface area is 122 Å². The van der Waals surface area contributed by atoms with Crippen LogP contribution in [-0.2, 0) is 7.05 Å². The van der Waals surface area contributed by atoms with Crippen LogP contribution in [0.2, 0.25) is 5.02 Å². The lowest BCUT2D eigenvalue weighted by atomic mass is 10.1. The molecule has 1 aromatic heterocycles. The molecule has 1 heterocycles. The van der Waals surface area contributed by atoms with Crippen molar-refractivity contribution in [3.8, 4) is 17.5 Å². The molecule has 0 unspecified atom stereocenters. The number of imidazole rings is 1. The van der Waals surface area contributed by atoms with Gasteiger partial charge in [0.1, 0.15) is 5.82 Å². The quantitative estimate of drug-likeness (QED) is 0.674. The van der Waals surface area contributed by atoms with Gasteiger partial charge in [-0.15, -0.1) is 0 Å². The molecule has 0 aliphatic heterocycles. The number of nitriles is 1. The molecule has 98 valence electrons. The molecule has 0 bridgehead atoms. The van der Waals surface area contributed by atoms with Crippen LogP contribution in [0.5, 0.6) is 0 Å². The van der Waals surface area contributed by atoms with E-state index in [4.69, 9.17) is 16.9 Å². The summed E-state index contributed by atoms with van der Waals surface area (Å²) in [5.74, 6) is 0.879. The highest BCUT2D eigenvalue weighted by Gasteiger charge is 2.12. The maximum absolute atomic E-state index is 8.99. The van der Waals surface area contributed by atoms with Gasteiger partial charge in [0, 0.05) is 17.6 Å². The van der Waals surface area contributed by atoms with E-state index in [9.17, 15) is 0 Å². The topological polar surface area (TPSA) is 41.6 Å². The molecule has 0 aliphatic carbocycles. The molecule has 0 aliphatic rings. The van der Waals surface area contributed by atoms with Gasteiger partial charge >= 0.3 is 0 Å². The molecule has 4 heteroatoms. The van der Waals surface area contributed by atoms with Gasteiger partial charge in [-0.05, 0) is 48.9 Å². The first kappa shape index (κ1) is 12.7. The van der Waals surface area contributed by atoms with E-state index >= 15 is 0 Å². The van der Waals surface area contributed by atoms with Gasteiger partial charge in [0.05, 0.1) is 22.7 Å². The first-order valence-electron chi connectivity index (χ1n) is 6.23. The van der Waals surface area contributed by atoms with Gasteiger partial charge in [0.2, 0.25) is 0 Å². The highest BCUT2D eigenvalue weighted by molar-refractivity contribution is 6.30. The van der Waals surface area contributed by atoms with Crippen molar-refractivity contribution in [2.24, 2.45) is 7.05 Å². The van der Waals surface area contributed by atoms with E-state index in [2.05, 4.69) is 11.1 Å². The van der Waals surface area contributed by atoms with Crippen LogP contribution in [0.1, 0.15) is 11.1 Å². The minimum absolute atomic E-state index is 0.639. The average molecular weight is 282 g/mol. The maximum atomic E-state index is 8.99. The summed E-state index contributed by atoms with van der Waals surface area (Å²) in [5, 5.41) is 9.71. The lowest BCUT2D eigenvalue weighted by Crippen LogP contribution is -1.94. The van der Waals surface area contributed by atoms with Crippen LogP contribution in [0.4, 0.5) is 0 Å². The highest BCUT2D eigenvalue weighted by atomic mass is 35.5. The summed E-state index contributed by atoms with van der Waals surface area (Å²) in [7, 11) is 1.96. The number of nitrogens with zero attached hydrogens (tertiary/aromatic N) is 3. The van der Waals surface area contributed by atoms with Gasteiger partial charge in [0.25, 0.3) is 0 Å². The van der Waals surface area contributed by atoms with Crippen LogP contribution in [0, 0.1) is 18.3 Å². The number of rotatable bonds is 1. The van der Waals surface area contributed by atoms with Gasteiger partial charge in [-0.3, -0.25) is 0 Å². The fraction of sp³-hybridized carbons (Fsp3) is 0.125. The minimum atomic E-state index is 0.639. The molecule has 3 nitrogen and oxygen atoms in total. The van der Waals surface area contributed by atoms with Crippen LogP contribution in [0.3, 0.4) is 0 Å². The molecule has 0 radical (unpaired) electrons. The third kappa shape index (κ3) is 1.95. The number of hydrogen-bond acceptors (Lipinski definition) is 2. The molecular formula is C16H12ClN3. The lowest BCUT2D eigenvalue weighted by molar-refractivity contribution is 0.957. The van der Waals surface area contributed by atoms with E-state index in [0.29, 0.717) is 5.56 Å². The zero-order valence-electron chi connectivity index (χ0n) is 11.2. The van der Waals surface area contributed by atoms with Crippen molar-refractivity contribution in [1.29, 1.82) is 5.26 Å². The molecule has 0 spiro atoms. The number of hydrogen-bond donors (Lipinski definition) is 0. The molecule has 20 heavy (non-hydrogen) atoms. The third-order valence-electron chi connectivity index (χ3n) is 3.44. The van der Waals surface area contributed by atoms with E-state index in [1.165, 1.54) is 0 Å². The first-order chi connectivity index (χ1) is 9.60. The number of halogens is 1. The number of aryl methyl sites for hydroxylation is 2. The van der Waals surface area contributed by atoms with Crippen molar-refractivity contribution >= 4 is 22.6 Å². The van der Waals surface area contributed by atoms with Crippen LogP contribution in [-0.4, -0.2) is 9.55 Å². The summed E-state index contributed by atoms with van der Waals surface area (Å²) in [6.07, 6.45) is 0. The standard InChI is InChI=1S/C16H12ClN3/c1-10-7-12(17)4-5-13(10)16-19-14-6-3-11(9-18)8-15(14)20(16)2/h3-8H,1-2H3. The summed E-state index contributed by atoms with van der Waals surface area (Å²) < 4.78 is 2.01. The monoisotopic (exact) mass is 281 g/mol. The zero-order valence-corrected chi connectivity index (χ0v) is 11.9. The van der Waals surface area contributed by atoms with Crippen molar-refractivity contribution in [3.63, 3.8) is 0 Å². The van der Waals surface area contributed by atoms with Crippen molar-refractivity contribution < 1.29 is 0 Å². The molecular weight excluding hydrogens is 270 g/mol. The largest absolute Gasteiger partial charge is 0.327 e. The molecule has 2 aromatic carbocycles. The number of fused-ring (bicyclic) bond motifs is 1. The summed E-state index contributed by atoms with van der Waals surface area (Å²) in [6.45, 7) is 2.02. The normalized spacial score (nSPS) is 10.7. The Bertz CT molecular complexity index is 856. The molecule has 0 N–H and O–H groups in total. The lowest BCUT2D eigenvalue weighted by Gasteiger charge is -2.06. The van der Waals surface area contributed by atoms with Crippen molar-refractivity contribution in [2.45, 2.75) is 6.92 Å². The summed E-state index contributed by atoms with van der Waals surface area (Å²) in [4.78, 5) is 4.66. The Hall–Kier alpha value is -2.31. The summed E-state index contributed by atoms with van der Waals surface area (Å²) in [6, 6.07) is 13.4. The van der Waals surface area contributed by atoms with E-state index < -0.39 is 0 Å². The van der Waals surface area contributed by atoms with Gasteiger partial charge in [-0.1, -0.05) is 11.6 Å². The predicted octanol–water partition coefficient (Wildman–Crippen LogP) is 4.07. The smallest absolute Gasteiger partial charge is 0.141 e. The Kier molecular flexibility index (Phi) is 2.96. The molecule has 3 rings (SSSR count). The molecule has 0 atom stereocenters. The van der Waals surface area contributed by atoms with Gasteiger partial charge in [0.15, 0.2) is 0 Å². The number of aromatic nitrogens is 2. The highest BCUT2D eigenvalue weighted by Crippen LogP contribution is 2.28. The molecule has 0 saturated carbocycles. The van der Waals surface area contributed by atoms with E-state index in [0.717, 1.165) is 33.0 Å². The first-order valence-corrected chi connectivity index (χ1v) is 6.61. The number of benzene rings is 2. The van der Waals surface area contributed by atoms with E-state index in [-0.39, 0.29) is 0 Å². The average Bonchev–Trinajstić information content (AvgIpc) is 2.76. The van der Waals surface area contributed by atoms with Crippen molar-refractivity contribution in [2.75, 3.05) is 0 Å². The maximum Gasteiger partial charge on any atom is 0.141 e. The second-order valence-corrected chi connectivity index (χ2v) is 5.21. The summed E-state index contributed by atoms with van der Waals surface area (Å²) >= 11 is 6.00. The van der Waals surface area contributed by atoms with Crippen molar-refractivity contribution in [1.82, 2.24) is 9.55 Å². The van der Waals surface area contributed by atoms with Gasteiger partial charge < -0.3 is 4.57 Å². The Morgan fingerprint density at radius 2 is 2.00 bits per heavy atom. The van der Waals surface area contributed by atoms with Crippen LogP contribution >= 0.6 is 11.6 Å². The Morgan fingerprint density at radius 1 is 1.20 bits per heavy atom. The van der Waals surface area contributed by atoms with Crippen LogP contribution < -0.4 is 0 Å². The van der Waals surface area contributed by atoms with Gasteiger partial charge in [-0.2, -0.15) is 5.26 Å². The second kappa shape index (κ2) is 4.66. The van der Waals surface area contributed by atoms with Crippen molar-refractivity contribution in [3.05, 3.63) is 52.5 Å². The second-order valence-electron chi connectivity index (χ2n) is 4.77. The van der Waals surface area contributed by atoms with Gasteiger partial charge in [-0.25, -0.2) is 4.98 Å². The van der Waals surface area contributed by atoms with E-state index in [1.54, 1.807) is 6.07 Å².